The summed E-state index contributed by atoms with van der Waals surface area (Å²) in [5.41, 5.74) is 1.21. The highest BCUT2D eigenvalue weighted by molar-refractivity contribution is 6.31. The molecule has 1 fully saturated rings. The normalized spacial score (nSPS) is 19.7. The van der Waals surface area contributed by atoms with Gasteiger partial charge in [-0.3, -0.25) is 9.69 Å². The van der Waals surface area contributed by atoms with Crippen LogP contribution in [-0.4, -0.2) is 56.4 Å². The van der Waals surface area contributed by atoms with Gasteiger partial charge in [0, 0.05) is 36.3 Å². The SMILES string of the molecule is C[C@@H]1CN([C@@H](CNC(=O)/C=C/c2ccc3c(c2)OCCO3)c2c(F)cccc2Cl)CCO1. The fourth-order valence-corrected chi connectivity index (χ4v) is 4.25. The van der Waals surface area contributed by atoms with Gasteiger partial charge in [-0.1, -0.05) is 23.7 Å². The Balaban J connectivity index is 1.45. The summed E-state index contributed by atoms with van der Waals surface area (Å²) in [7, 11) is 0. The van der Waals surface area contributed by atoms with E-state index in [1.165, 1.54) is 12.1 Å². The van der Waals surface area contributed by atoms with Crippen molar-refractivity contribution in [1.82, 2.24) is 10.2 Å². The number of carbonyl (C=O) groups excluding carboxylic acids is 1. The van der Waals surface area contributed by atoms with Crippen LogP contribution in [0.25, 0.3) is 6.08 Å². The molecule has 6 nitrogen and oxygen atoms in total. The first-order chi connectivity index (χ1) is 15.5. The first-order valence-electron chi connectivity index (χ1n) is 10.7. The molecule has 1 N–H and O–H groups in total. The molecular weight excluding hydrogens is 435 g/mol. The highest BCUT2D eigenvalue weighted by Crippen LogP contribution is 2.32. The monoisotopic (exact) mass is 460 g/mol. The molecule has 1 amide bonds. The van der Waals surface area contributed by atoms with E-state index in [1.54, 1.807) is 18.2 Å². The van der Waals surface area contributed by atoms with Gasteiger partial charge in [0.25, 0.3) is 0 Å². The first kappa shape index (κ1) is 22.6. The predicted molar refractivity (Wildman–Crippen MR) is 121 cm³/mol. The van der Waals surface area contributed by atoms with Gasteiger partial charge in [0.2, 0.25) is 5.91 Å². The van der Waals surface area contributed by atoms with Crippen molar-refractivity contribution in [2.75, 3.05) is 39.5 Å². The Bertz CT molecular complexity index is 980. The van der Waals surface area contributed by atoms with Gasteiger partial charge in [-0.05, 0) is 42.8 Å². The molecule has 0 bridgehead atoms. The maximum atomic E-state index is 14.7. The molecule has 2 aromatic rings. The van der Waals surface area contributed by atoms with Crippen LogP contribution in [0.15, 0.2) is 42.5 Å². The molecule has 2 heterocycles. The molecule has 0 unspecified atom stereocenters. The van der Waals surface area contributed by atoms with E-state index in [0.29, 0.717) is 55.0 Å². The molecule has 1 saturated heterocycles. The fourth-order valence-electron chi connectivity index (χ4n) is 3.96. The summed E-state index contributed by atoms with van der Waals surface area (Å²) in [5.74, 6) is 0.693. The van der Waals surface area contributed by atoms with Crippen LogP contribution in [0.2, 0.25) is 5.02 Å². The summed E-state index contributed by atoms with van der Waals surface area (Å²) in [6, 6.07) is 9.74. The molecular formula is C24H26ClFN2O4. The average Bonchev–Trinajstić information content (AvgIpc) is 2.79. The lowest BCUT2D eigenvalue weighted by atomic mass is 10.0. The van der Waals surface area contributed by atoms with Crippen molar-refractivity contribution in [3.63, 3.8) is 0 Å². The van der Waals surface area contributed by atoms with Crippen LogP contribution in [0.3, 0.4) is 0 Å². The lowest BCUT2D eigenvalue weighted by Crippen LogP contribution is -2.46. The molecule has 0 aromatic heterocycles. The second-order valence-electron chi connectivity index (χ2n) is 7.81. The van der Waals surface area contributed by atoms with Gasteiger partial charge >= 0.3 is 0 Å². The van der Waals surface area contributed by atoms with E-state index >= 15 is 0 Å². The fraction of sp³-hybridized carbons (Fsp3) is 0.375. The van der Waals surface area contributed by atoms with Crippen LogP contribution >= 0.6 is 11.6 Å². The second kappa shape index (κ2) is 10.3. The molecule has 2 aliphatic heterocycles. The van der Waals surface area contributed by atoms with Crippen LogP contribution in [0.4, 0.5) is 4.39 Å². The Morgan fingerprint density at radius 3 is 2.84 bits per heavy atom. The summed E-state index contributed by atoms with van der Waals surface area (Å²) in [6.07, 6.45) is 3.17. The Labute approximate surface area is 191 Å². The minimum atomic E-state index is -0.401. The van der Waals surface area contributed by atoms with Gasteiger partial charge in [0.15, 0.2) is 11.5 Å². The summed E-state index contributed by atoms with van der Waals surface area (Å²) in [6.45, 7) is 5.02. The van der Waals surface area contributed by atoms with E-state index < -0.39 is 6.04 Å². The van der Waals surface area contributed by atoms with Crippen molar-refractivity contribution < 1.29 is 23.4 Å². The number of hydrogen-bond acceptors (Lipinski definition) is 5. The Morgan fingerprint density at radius 2 is 2.06 bits per heavy atom. The summed E-state index contributed by atoms with van der Waals surface area (Å²) < 4.78 is 31.4. The quantitative estimate of drug-likeness (QED) is 0.664. The molecule has 0 aliphatic carbocycles. The van der Waals surface area contributed by atoms with E-state index in [4.69, 9.17) is 25.8 Å². The van der Waals surface area contributed by atoms with E-state index in [-0.39, 0.29) is 24.4 Å². The topological polar surface area (TPSA) is 60.0 Å². The minimum Gasteiger partial charge on any atom is -0.486 e. The number of fused-ring (bicyclic) bond motifs is 1. The van der Waals surface area contributed by atoms with Crippen LogP contribution in [0.5, 0.6) is 11.5 Å². The van der Waals surface area contributed by atoms with Crippen molar-refractivity contribution in [3.05, 3.63) is 64.4 Å². The zero-order valence-electron chi connectivity index (χ0n) is 17.9. The van der Waals surface area contributed by atoms with Crippen molar-refractivity contribution >= 4 is 23.6 Å². The number of benzene rings is 2. The van der Waals surface area contributed by atoms with Crippen LogP contribution in [0.1, 0.15) is 24.1 Å². The molecule has 4 rings (SSSR count). The van der Waals surface area contributed by atoms with E-state index in [9.17, 15) is 9.18 Å². The van der Waals surface area contributed by atoms with Gasteiger partial charge in [0.1, 0.15) is 19.0 Å². The van der Waals surface area contributed by atoms with Crippen molar-refractivity contribution in [1.29, 1.82) is 0 Å². The third kappa shape index (κ3) is 5.41. The summed E-state index contributed by atoms with van der Waals surface area (Å²) >= 11 is 6.35. The molecule has 170 valence electrons. The molecule has 2 atom stereocenters. The zero-order chi connectivity index (χ0) is 22.5. The van der Waals surface area contributed by atoms with Crippen LogP contribution in [-0.2, 0) is 9.53 Å². The summed E-state index contributed by atoms with van der Waals surface area (Å²) in [5, 5.41) is 3.23. The number of nitrogens with one attached hydrogen (secondary N) is 1. The standard InChI is InChI=1S/C24H26ClFN2O4/c1-16-15-28(9-10-30-16)20(24-18(25)3-2-4-19(24)26)14-27-23(29)8-6-17-5-7-21-22(13-17)32-12-11-31-21/h2-8,13,16,20H,9-12,14-15H2,1H3,(H,27,29)/b8-6+/t16-,20+/m1/s1. The Hall–Kier alpha value is -2.61. The number of nitrogens with zero attached hydrogens (tertiary/aromatic N) is 1. The number of carbonyl (C=O) groups is 1. The molecule has 0 spiro atoms. The second-order valence-corrected chi connectivity index (χ2v) is 8.22. The third-order valence-corrected chi connectivity index (χ3v) is 5.84. The third-order valence-electron chi connectivity index (χ3n) is 5.51. The van der Waals surface area contributed by atoms with Gasteiger partial charge in [0.05, 0.1) is 18.8 Å². The Kier molecular flexibility index (Phi) is 7.29. The lowest BCUT2D eigenvalue weighted by molar-refractivity contribution is -0.116. The number of hydrogen-bond donors (Lipinski definition) is 1. The van der Waals surface area contributed by atoms with E-state index in [0.717, 1.165) is 5.56 Å². The zero-order valence-corrected chi connectivity index (χ0v) is 18.6. The number of rotatable bonds is 6. The molecule has 0 radical (unpaired) electrons. The van der Waals surface area contributed by atoms with Gasteiger partial charge in [-0.15, -0.1) is 0 Å². The number of amides is 1. The largest absolute Gasteiger partial charge is 0.486 e. The van der Waals surface area contributed by atoms with Crippen molar-refractivity contribution in [2.45, 2.75) is 19.1 Å². The van der Waals surface area contributed by atoms with Crippen molar-refractivity contribution in [3.8, 4) is 11.5 Å². The maximum absolute atomic E-state index is 14.7. The smallest absolute Gasteiger partial charge is 0.244 e. The molecule has 32 heavy (non-hydrogen) atoms. The molecule has 0 saturated carbocycles. The highest BCUT2D eigenvalue weighted by atomic mass is 35.5. The number of halogens is 2. The molecule has 8 heteroatoms. The molecule has 2 aromatic carbocycles. The minimum absolute atomic E-state index is 0.0163. The molecule has 2 aliphatic rings. The van der Waals surface area contributed by atoms with Crippen molar-refractivity contribution in [2.24, 2.45) is 0 Å². The number of ether oxygens (including phenoxy) is 3. The maximum Gasteiger partial charge on any atom is 0.244 e. The summed E-state index contributed by atoms with van der Waals surface area (Å²) in [4.78, 5) is 14.6. The average molecular weight is 461 g/mol. The van der Waals surface area contributed by atoms with Gasteiger partial charge < -0.3 is 19.5 Å². The highest BCUT2D eigenvalue weighted by Gasteiger charge is 2.29. The Morgan fingerprint density at radius 1 is 1.25 bits per heavy atom. The number of morpholine rings is 1. The van der Waals surface area contributed by atoms with E-state index in [2.05, 4.69) is 10.2 Å². The van der Waals surface area contributed by atoms with Crippen LogP contribution in [0, 0.1) is 5.82 Å². The predicted octanol–water partition coefficient (Wildman–Crippen LogP) is 3.84. The lowest BCUT2D eigenvalue weighted by Gasteiger charge is -2.38. The van der Waals surface area contributed by atoms with Gasteiger partial charge in [-0.2, -0.15) is 0 Å². The first-order valence-corrected chi connectivity index (χ1v) is 11.0. The van der Waals surface area contributed by atoms with Crippen LogP contribution < -0.4 is 14.8 Å². The van der Waals surface area contributed by atoms with Gasteiger partial charge in [-0.25, -0.2) is 4.39 Å². The van der Waals surface area contributed by atoms with E-state index in [1.807, 2.05) is 25.1 Å².